The molecule has 0 radical (unpaired) electrons. The third-order valence-electron chi connectivity index (χ3n) is 23.6. The lowest BCUT2D eigenvalue weighted by Crippen LogP contribution is -2.53. The maximum Gasteiger partial charge on any atom is 0.226 e. The molecule has 4 aromatic rings. The van der Waals surface area contributed by atoms with Crippen molar-refractivity contribution in [2.24, 2.45) is 46.3 Å². The number of aromatic hydroxyl groups is 2. The van der Waals surface area contributed by atoms with E-state index in [-0.39, 0.29) is 102 Å². The van der Waals surface area contributed by atoms with Crippen LogP contribution in [0.5, 0.6) is 28.7 Å². The number of phenols is 2. The maximum atomic E-state index is 14.4. The summed E-state index contributed by atoms with van der Waals surface area (Å²) < 4.78 is 32.6. The van der Waals surface area contributed by atoms with Crippen LogP contribution in [-0.2, 0) is 33.8 Å². The molecule has 10 N–H and O–H groups in total. The van der Waals surface area contributed by atoms with E-state index in [0.717, 1.165) is 130 Å². The normalized spacial score (nSPS) is 33.9. The van der Waals surface area contributed by atoms with E-state index in [4.69, 9.17) is 23.7 Å². The van der Waals surface area contributed by atoms with Crippen LogP contribution in [0.4, 0.5) is 0 Å². The fourth-order valence-corrected chi connectivity index (χ4v) is 21.8. The largest absolute Gasteiger partial charge is 0.504 e. The van der Waals surface area contributed by atoms with E-state index in [1.165, 1.54) is 48.0 Å². The predicted molar refractivity (Wildman–Crippen MR) is 361 cm³/mol. The summed E-state index contributed by atoms with van der Waals surface area (Å²) in [4.78, 5) is 14.4. The number of aryl methyl sites for hydroxylation is 1. The molecule has 4 saturated carbocycles. The van der Waals surface area contributed by atoms with Crippen LogP contribution >= 0.6 is 21.6 Å². The van der Waals surface area contributed by atoms with E-state index < -0.39 is 60.7 Å². The number of amides is 1. The molecule has 1 saturated heterocycles. The summed E-state index contributed by atoms with van der Waals surface area (Å²) in [6.45, 7) is 2.75. The number of ether oxygens (including phenoxy) is 5. The van der Waals surface area contributed by atoms with Crippen molar-refractivity contribution in [3.05, 3.63) is 77.1 Å². The summed E-state index contributed by atoms with van der Waals surface area (Å²) >= 11 is 0. The number of hydrogen-bond acceptors (Lipinski definition) is 17. The third-order valence-corrected chi connectivity index (χ3v) is 26.4. The molecule has 15 atom stereocenters. The van der Waals surface area contributed by atoms with Crippen LogP contribution in [0.15, 0.2) is 54.9 Å². The van der Waals surface area contributed by atoms with Crippen LogP contribution in [0, 0.1) is 58.2 Å². The Morgan fingerprint density at radius 2 is 1.60 bits per heavy atom. The Morgan fingerprint density at radius 3 is 2.40 bits per heavy atom. The van der Waals surface area contributed by atoms with Crippen molar-refractivity contribution in [2.75, 3.05) is 39.6 Å². The average Bonchev–Trinajstić information content (AvgIpc) is 1.20. The van der Waals surface area contributed by atoms with Crippen LogP contribution < -0.4 is 24.8 Å². The number of nitrogens with one attached hydrogen (secondary N) is 2. The number of rotatable bonds is 7. The molecule has 9 aliphatic rings. The zero-order chi connectivity index (χ0) is 64.9. The van der Waals surface area contributed by atoms with Crippen LogP contribution in [0.2, 0.25) is 0 Å². The lowest BCUT2D eigenvalue weighted by Gasteiger charge is -2.53. The van der Waals surface area contributed by atoms with Gasteiger partial charge >= 0.3 is 0 Å². The van der Waals surface area contributed by atoms with Gasteiger partial charge in [-0.05, 0) is 198 Å². The number of nitrogens with zero attached hydrogens (tertiary/aromatic N) is 1. The first-order valence-electron chi connectivity index (χ1n) is 35.2. The molecule has 5 fully saturated rings. The third kappa shape index (κ3) is 15.0. The van der Waals surface area contributed by atoms with E-state index in [2.05, 4.69) is 29.4 Å². The van der Waals surface area contributed by atoms with Crippen molar-refractivity contribution in [1.29, 1.82) is 0 Å². The van der Waals surface area contributed by atoms with Crippen molar-refractivity contribution in [3.8, 4) is 40.6 Å². The van der Waals surface area contributed by atoms with Crippen molar-refractivity contribution >= 4 is 38.3 Å². The van der Waals surface area contributed by atoms with Crippen molar-refractivity contribution in [3.63, 3.8) is 0 Å². The molecular weight excluding hydrogens is 1220 g/mol. The minimum absolute atomic E-state index is 0.00803. The monoisotopic (exact) mass is 1320 g/mol. The molecule has 93 heavy (non-hydrogen) atoms. The highest BCUT2D eigenvalue weighted by molar-refractivity contribution is 8.76. The number of aromatic nitrogens is 1. The fourth-order valence-electron chi connectivity index (χ4n) is 18.8. The maximum absolute atomic E-state index is 14.4. The van der Waals surface area contributed by atoms with Crippen LogP contribution in [0.1, 0.15) is 195 Å². The van der Waals surface area contributed by atoms with Crippen molar-refractivity contribution in [2.45, 2.75) is 234 Å². The second-order valence-corrected chi connectivity index (χ2v) is 31.9. The van der Waals surface area contributed by atoms with Gasteiger partial charge in [-0.25, -0.2) is 0 Å². The minimum atomic E-state index is -1.13. The number of phenolic OH excluding ortho intramolecular Hbond substituents is 2. The summed E-state index contributed by atoms with van der Waals surface area (Å²) in [5, 5.41) is 103. The molecule has 4 aliphatic carbocycles. The molecule has 8 bridgehead atoms. The Morgan fingerprint density at radius 1 is 0.806 bits per heavy atom. The van der Waals surface area contributed by atoms with Gasteiger partial charge in [0.1, 0.15) is 13.5 Å². The minimum Gasteiger partial charge on any atom is -0.504 e. The lowest BCUT2D eigenvalue weighted by molar-refractivity contribution is -0.133. The first-order chi connectivity index (χ1) is 45.1. The van der Waals surface area contributed by atoms with E-state index in [1.807, 2.05) is 47.3 Å². The van der Waals surface area contributed by atoms with Gasteiger partial charge in [0.25, 0.3) is 0 Å². The standard InChI is InChI=1S/C74H103N3O14S2/c1-46-15-18-51-19-22-60(80)69-59(76-71(86)73(69)26-7-4-8-27-73)14-10-29-88-43-77-40-50-12-9-13-54(57(50)41-77)62(82)37-68-55-36-63(83)65(91-53-21-17-49-39-75-72(23-5-3-6-24-72)25-11-28-74(51,38-46)58(49)34-53)33-48(55)16-20-52(89-44-78)35-61(81)56(64(84)42-92-93-68)30-47-31-66(87-2)70(85)67(32-47)90-45-79/h9,12-13,31-33,36,40-41,46,49,51-53,56,58-62,64,68-69,75,78-85H,3-8,10,14-27,29-30,34-35,37-39,42-45H2,1-2H3,(H,76,86). The molecule has 5 aliphatic heterocycles. The van der Waals surface area contributed by atoms with Crippen LogP contribution in [0.25, 0.3) is 10.8 Å². The number of benzene rings is 3. The highest BCUT2D eigenvalue weighted by atomic mass is 33.1. The van der Waals surface area contributed by atoms with Crippen LogP contribution in [0.3, 0.4) is 0 Å². The molecule has 1 amide bonds. The molecule has 15 unspecified atom stereocenters. The molecule has 19 heteroatoms. The van der Waals surface area contributed by atoms with Crippen molar-refractivity contribution < 1.29 is 69.3 Å². The number of carbonyl (C=O) groups is 1. The zero-order valence-electron chi connectivity index (χ0n) is 54.7. The summed E-state index contributed by atoms with van der Waals surface area (Å²) in [5.74, 6) is 8.82. The summed E-state index contributed by atoms with van der Waals surface area (Å²) in [6.07, 6.45) is 20.2. The molecule has 3 aromatic carbocycles. The second-order valence-electron chi connectivity index (χ2n) is 29.3. The number of hydrogen-bond donors (Lipinski definition) is 10. The molecular formula is C74H103N3O14S2. The van der Waals surface area contributed by atoms with Gasteiger partial charge in [0.15, 0.2) is 29.8 Å². The Balaban J connectivity index is 0.918. The van der Waals surface area contributed by atoms with E-state index in [0.29, 0.717) is 61.9 Å². The van der Waals surface area contributed by atoms with E-state index in [9.17, 15) is 45.6 Å². The van der Waals surface area contributed by atoms with Gasteiger partial charge in [0.2, 0.25) is 11.7 Å². The fraction of sp³-hybridized carbons (Fsp3) is 0.689. The predicted octanol–water partition coefficient (Wildman–Crippen LogP) is 11.4. The van der Waals surface area contributed by atoms with Gasteiger partial charge in [-0.3, -0.25) is 4.79 Å². The second kappa shape index (κ2) is 30.5. The van der Waals surface area contributed by atoms with Gasteiger partial charge in [-0.1, -0.05) is 97.6 Å². The topological polar surface area (TPSA) is 254 Å². The Labute approximate surface area is 557 Å². The van der Waals surface area contributed by atoms with Gasteiger partial charge in [0, 0.05) is 70.6 Å². The first kappa shape index (κ1) is 68.5. The van der Waals surface area contributed by atoms with Gasteiger partial charge in [-0.15, -0.1) is 5.92 Å². The number of aliphatic hydroxyl groups excluding tert-OH is 6. The highest BCUT2D eigenvalue weighted by Crippen LogP contribution is 2.59. The Kier molecular flexibility index (Phi) is 22.5. The number of aliphatic hydroxyl groups is 6. The van der Waals surface area contributed by atoms with E-state index >= 15 is 0 Å². The van der Waals surface area contributed by atoms with Gasteiger partial charge in [0.05, 0.1) is 49.1 Å². The summed E-state index contributed by atoms with van der Waals surface area (Å²) in [5.41, 5.74) is 2.04. The summed E-state index contributed by atoms with van der Waals surface area (Å²) in [7, 11) is 4.32. The number of carbonyl (C=O) groups excluding carboxylic acids is 1. The Hall–Kier alpha value is -4.43. The quantitative estimate of drug-likeness (QED) is 0.0469. The average molecular weight is 1320 g/mol. The molecule has 1 aromatic heterocycles. The first-order valence-corrected chi connectivity index (χ1v) is 37.6. The summed E-state index contributed by atoms with van der Waals surface area (Å²) in [6, 6.07) is 12.7. The highest BCUT2D eigenvalue weighted by Gasteiger charge is 2.58. The Bertz CT molecular complexity index is 3230. The molecule has 6 heterocycles. The van der Waals surface area contributed by atoms with E-state index in [1.54, 1.807) is 12.1 Å². The number of fused-ring (bicyclic) bond motifs is 8. The molecule has 17 nitrogen and oxygen atoms in total. The van der Waals surface area contributed by atoms with Gasteiger partial charge in [-0.2, -0.15) is 0 Å². The molecule has 510 valence electrons. The van der Waals surface area contributed by atoms with Crippen molar-refractivity contribution in [1.82, 2.24) is 15.2 Å². The number of methoxy groups -OCH3 is 1. The molecule has 13 rings (SSSR count). The molecule has 3 spiro atoms. The smallest absolute Gasteiger partial charge is 0.226 e. The van der Waals surface area contributed by atoms with Crippen LogP contribution in [-0.4, -0.2) is 133 Å². The SMILES string of the molecule is COc1cc(CC2C(O)CSSC3CC(O)c4cccc5cn(cc45)COCCCC4NC(=O)C5(CCCCC5)C4C(O)CCC4CCC(C)CC45C#CCC4(CCCCC4)NCC4CCC(CC45)Oc4cc(c3cc4O)CCC(OCO)CC2O)cc(OCO)c1O. The van der Waals surface area contributed by atoms with Gasteiger partial charge < -0.3 is 79.7 Å². The zero-order valence-corrected chi connectivity index (χ0v) is 56.3. The lowest BCUT2D eigenvalue weighted by atomic mass is 9.51.